The Kier molecular flexibility index (Phi) is 6.50. The minimum atomic E-state index is -3.82. The summed E-state index contributed by atoms with van der Waals surface area (Å²) >= 11 is 0. The van der Waals surface area contributed by atoms with Crippen LogP contribution in [0.15, 0.2) is 17.3 Å². The molecule has 1 aromatic heterocycles. The Bertz CT molecular complexity index is 559. The Hall–Kier alpha value is -1.74. The van der Waals surface area contributed by atoms with Gasteiger partial charge >= 0.3 is 0 Å². The summed E-state index contributed by atoms with van der Waals surface area (Å²) in [4.78, 5) is 19.4. The molecule has 0 aliphatic rings. The topological polar surface area (TPSA) is 113 Å². The van der Waals surface area contributed by atoms with Gasteiger partial charge in [-0.05, 0) is 20.3 Å². The van der Waals surface area contributed by atoms with Crippen LogP contribution >= 0.6 is 0 Å². The summed E-state index contributed by atoms with van der Waals surface area (Å²) in [5, 5.41) is 5.49. The van der Waals surface area contributed by atoms with E-state index in [4.69, 9.17) is 0 Å². The number of nitrogens with zero attached hydrogens (tertiary/aromatic N) is 2. The van der Waals surface area contributed by atoms with E-state index in [-0.39, 0.29) is 10.8 Å². The highest BCUT2D eigenvalue weighted by atomic mass is 32.2. The van der Waals surface area contributed by atoms with E-state index in [2.05, 4.69) is 25.3 Å². The number of hydrogen-bond donors (Lipinski definition) is 3. The van der Waals surface area contributed by atoms with Gasteiger partial charge < -0.3 is 10.6 Å². The van der Waals surface area contributed by atoms with Crippen LogP contribution in [-0.2, 0) is 14.8 Å². The molecule has 9 heteroatoms. The van der Waals surface area contributed by atoms with Crippen LogP contribution in [0, 0.1) is 0 Å². The van der Waals surface area contributed by atoms with E-state index in [0.29, 0.717) is 19.0 Å². The number of hydrogen-bond acceptors (Lipinski definition) is 6. The van der Waals surface area contributed by atoms with Gasteiger partial charge in [0.25, 0.3) is 0 Å². The van der Waals surface area contributed by atoms with Gasteiger partial charge in [0.05, 0.1) is 18.4 Å². The van der Waals surface area contributed by atoms with Crippen molar-refractivity contribution in [3.05, 3.63) is 12.4 Å². The van der Waals surface area contributed by atoms with E-state index >= 15 is 0 Å². The van der Waals surface area contributed by atoms with Crippen molar-refractivity contribution in [1.82, 2.24) is 20.0 Å². The van der Waals surface area contributed by atoms with Crippen molar-refractivity contribution in [2.24, 2.45) is 0 Å². The summed E-state index contributed by atoms with van der Waals surface area (Å²) in [5.41, 5.74) is 0. The normalized spacial score (nSPS) is 12.7. The van der Waals surface area contributed by atoms with Crippen LogP contribution in [0.3, 0.4) is 0 Å². The number of carbonyl (C=O) groups excluding carboxylic acids is 1. The van der Waals surface area contributed by atoms with Gasteiger partial charge in [-0.25, -0.2) is 18.4 Å². The Morgan fingerprint density at radius 1 is 1.29 bits per heavy atom. The highest BCUT2D eigenvalue weighted by molar-refractivity contribution is 7.89. The zero-order chi connectivity index (χ0) is 15.9. The third-order valence-corrected chi connectivity index (χ3v) is 4.04. The lowest BCUT2D eigenvalue weighted by Crippen LogP contribution is -2.44. The quantitative estimate of drug-likeness (QED) is 0.627. The first-order valence-electron chi connectivity index (χ1n) is 6.76. The van der Waals surface area contributed by atoms with Crippen LogP contribution in [0.5, 0.6) is 0 Å². The van der Waals surface area contributed by atoms with Crippen molar-refractivity contribution >= 4 is 21.9 Å². The minimum Gasteiger partial charge on any atom is -0.355 e. The van der Waals surface area contributed by atoms with E-state index in [1.165, 1.54) is 19.3 Å². The van der Waals surface area contributed by atoms with Crippen LogP contribution in [0.4, 0.5) is 5.95 Å². The monoisotopic (exact) mass is 315 g/mol. The van der Waals surface area contributed by atoms with Crippen molar-refractivity contribution in [2.75, 3.05) is 18.4 Å². The van der Waals surface area contributed by atoms with Crippen molar-refractivity contribution in [1.29, 1.82) is 0 Å². The lowest BCUT2D eigenvalue weighted by molar-refractivity contribution is -0.122. The molecule has 0 saturated heterocycles. The summed E-state index contributed by atoms with van der Waals surface area (Å²) in [6, 6.07) is -0.866. The molecule has 8 nitrogen and oxygen atoms in total. The SMILES string of the molecule is CCCNC(=O)C(C)NS(=O)(=O)c1cnc(NCC)nc1. The van der Waals surface area contributed by atoms with E-state index in [1.54, 1.807) is 0 Å². The number of aromatic nitrogens is 2. The fraction of sp³-hybridized carbons (Fsp3) is 0.583. The second kappa shape index (κ2) is 7.89. The molecule has 1 amide bonds. The fourth-order valence-corrected chi connectivity index (χ4v) is 2.55. The number of anilines is 1. The summed E-state index contributed by atoms with van der Waals surface area (Å²) in [5.74, 6) is -0.0178. The van der Waals surface area contributed by atoms with Crippen molar-refractivity contribution in [2.45, 2.75) is 38.1 Å². The molecular formula is C12H21N5O3S. The maximum Gasteiger partial charge on any atom is 0.244 e. The van der Waals surface area contributed by atoms with Crippen LogP contribution in [0.25, 0.3) is 0 Å². The zero-order valence-corrected chi connectivity index (χ0v) is 13.2. The van der Waals surface area contributed by atoms with Crippen LogP contribution < -0.4 is 15.4 Å². The van der Waals surface area contributed by atoms with Gasteiger partial charge in [0.15, 0.2) is 0 Å². The molecule has 1 heterocycles. The molecule has 0 saturated carbocycles. The molecule has 1 unspecified atom stereocenters. The highest BCUT2D eigenvalue weighted by Crippen LogP contribution is 2.08. The van der Waals surface area contributed by atoms with Crippen LogP contribution in [0.1, 0.15) is 27.2 Å². The van der Waals surface area contributed by atoms with Gasteiger partial charge in [-0.3, -0.25) is 4.79 Å². The standard InChI is InChI=1S/C12H21N5O3S/c1-4-6-14-11(18)9(3)17-21(19,20)10-7-15-12(13-5-2)16-8-10/h7-9,17H,4-6H2,1-3H3,(H,14,18)(H,13,15,16). The molecule has 1 atom stereocenters. The summed E-state index contributed by atoms with van der Waals surface area (Å²) in [7, 11) is -3.82. The first kappa shape index (κ1) is 17.3. The smallest absolute Gasteiger partial charge is 0.244 e. The molecule has 0 radical (unpaired) electrons. The lowest BCUT2D eigenvalue weighted by Gasteiger charge is -2.14. The molecule has 21 heavy (non-hydrogen) atoms. The van der Waals surface area contributed by atoms with Crippen molar-refractivity contribution < 1.29 is 13.2 Å². The van der Waals surface area contributed by atoms with E-state index < -0.39 is 16.1 Å². The maximum absolute atomic E-state index is 12.1. The third kappa shape index (κ3) is 5.27. The van der Waals surface area contributed by atoms with Crippen LogP contribution in [0.2, 0.25) is 0 Å². The summed E-state index contributed by atoms with van der Waals surface area (Å²) in [6.07, 6.45) is 3.18. The third-order valence-electron chi connectivity index (χ3n) is 2.55. The van der Waals surface area contributed by atoms with E-state index in [9.17, 15) is 13.2 Å². The van der Waals surface area contributed by atoms with Gasteiger partial charge in [0.2, 0.25) is 21.9 Å². The average Bonchev–Trinajstić information content (AvgIpc) is 2.45. The maximum atomic E-state index is 12.1. The Morgan fingerprint density at radius 2 is 1.90 bits per heavy atom. The molecule has 0 bridgehead atoms. The molecule has 0 spiro atoms. The number of amides is 1. The average molecular weight is 315 g/mol. The van der Waals surface area contributed by atoms with Gasteiger partial charge in [-0.1, -0.05) is 6.92 Å². The second-order valence-corrected chi connectivity index (χ2v) is 6.12. The van der Waals surface area contributed by atoms with Gasteiger partial charge in [0, 0.05) is 13.1 Å². The summed E-state index contributed by atoms with van der Waals surface area (Å²) in [6.45, 7) is 6.42. The molecule has 0 aliphatic carbocycles. The van der Waals surface area contributed by atoms with E-state index in [0.717, 1.165) is 6.42 Å². The molecule has 0 fully saturated rings. The van der Waals surface area contributed by atoms with Crippen molar-refractivity contribution in [3.63, 3.8) is 0 Å². The first-order valence-corrected chi connectivity index (χ1v) is 8.25. The van der Waals surface area contributed by atoms with Crippen LogP contribution in [-0.4, -0.2) is 43.4 Å². The Balaban J connectivity index is 2.74. The first-order chi connectivity index (χ1) is 9.90. The molecular weight excluding hydrogens is 294 g/mol. The Morgan fingerprint density at radius 3 is 2.43 bits per heavy atom. The minimum absolute atomic E-state index is 0.0840. The largest absolute Gasteiger partial charge is 0.355 e. The molecule has 3 N–H and O–H groups in total. The molecule has 1 rings (SSSR count). The van der Waals surface area contributed by atoms with Gasteiger partial charge in [-0.2, -0.15) is 4.72 Å². The van der Waals surface area contributed by atoms with Gasteiger partial charge in [0.1, 0.15) is 4.90 Å². The van der Waals surface area contributed by atoms with Crippen molar-refractivity contribution in [3.8, 4) is 0 Å². The van der Waals surface area contributed by atoms with E-state index in [1.807, 2.05) is 13.8 Å². The number of carbonyl (C=O) groups is 1. The lowest BCUT2D eigenvalue weighted by atomic mass is 10.3. The molecule has 0 aliphatic heterocycles. The second-order valence-electron chi connectivity index (χ2n) is 4.41. The predicted molar refractivity (Wildman–Crippen MR) is 79.3 cm³/mol. The Labute approximate surface area is 124 Å². The fourth-order valence-electron chi connectivity index (χ4n) is 1.46. The highest BCUT2D eigenvalue weighted by Gasteiger charge is 2.22. The molecule has 118 valence electrons. The number of nitrogens with one attached hydrogen (secondary N) is 3. The molecule has 0 aromatic carbocycles. The number of sulfonamides is 1. The zero-order valence-electron chi connectivity index (χ0n) is 12.4. The number of rotatable bonds is 8. The van der Waals surface area contributed by atoms with Gasteiger partial charge in [-0.15, -0.1) is 0 Å². The molecule has 1 aromatic rings. The predicted octanol–water partition coefficient (Wildman–Crippen LogP) is 0.101. The summed E-state index contributed by atoms with van der Waals surface area (Å²) < 4.78 is 26.5.